The molecule has 0 saturated heterocycles. The van der Waals surface area contributed by atoms with Crippen molar-refractivity contribution >= 4 is 23.4 Å². The van der Waals surface area contributed by atoms with Crippen LogP contribution in [0.3, 0.4) is 0 Å². The molecule has 1 unspecified atom stereocenters. The first-order valence-electron chi connectivity index (χ1n) is 6.23. The first-order valence-corrected chi connectivity index (χ1v) is 8.00. The second-order valence-corrected chi connectivity index (χ2v) is 5.60. The van der Waals surface area contributed by atoms with Gasteiger partial charge in [-0.1, -0.05) is 36.7 Å². The molecule has 1 atom stereocenters. The predicted octanol–water partition coefficient (Wildman–Crippen LogP) is 4.18. The lowest BCUT2D eigenvalue weighted by Crippen LogP contribution is -2.23. The van der Waals surface area contributed by atoms with E-state index in [9.17, 15) is 0 Å². The van der Waals surface area contributed by atoms with Crippen molar-refractivity contribution in [2.24, 2.45) is 0 Å². The average Bonchev–Trinajstić information content (AvgIpc) is 2.35. The van der Waals surface area contributed by atoms with E-state index in [1.807, 2.05) is 23.9 Å². The number of nitrogens with one attached hydrogen (secondary N) is 1. The number of thioether (sulfide) groups is 1. The Bertz CT molecular complexity index is 317. The standard InChI is InChI=1S/C14H22ClNS/c1-3-9-16-11-12(8-10-17-2)13-6-4-5-7-14(13)15/h4-7,12,16H,3,8-11H2,1-2H3. The molecule has 1 rings (SSSR count). The van der Waals surface area contributed by atoms with E-state index in [4.69, 9.17) is 11.6 Å². The molecule has 0 aliphatic heterocycles. The van der Waals surface area contributed by atoms with Crippen LogP contribution in [0.5, 0.6) is 0 Å². The topological polar surface area (TPSA) is 12.0 Å². The number of rotatable bonds is 8. The third-order valence-corrected chi connectivity index (χ3v) is 3.82. The average molecular weight is 272 g/mol. The Balaban J connectivity index is 2.64. The van der Waals surface area contributed by atoms with Crippen molar-refractivity contribution in [3.63, 3.8) is 0 Å². The van der Waals surface area contributed by atoms with Crippen molar-refractivity contribution in [3.8, 4) is 0 Å². The van der Waals surface area contributed by atoms with Crippen LogP contribution in [0, 0.1) is 0 Å². The van der Waals surface area contributed by atoms with Gasteiger partial charge in [0.1, 0.15) is 0 Å². The molecule has 1 nitrogen and oxygen atoms in total. The molecule has 1 aromatic rings. The van der Waals surface area contributed by atoms with Crippen LogP contribution in [0.4, 0.5) is 0 Å². The van der Waals surface area contributed by atoms with E-state index in [-0.39, 0.29) is 0 Å². The van der Waals surface area contributed by atoms with Crippen LogP contribution < -0.4 is 5.32 Å². The summed E-state index contributed by atoms with van der Waals surface area (Å²) < 4.78 is 0. The van der Waals surface area contributed by atoms with Crippen LogP contribution in [-0.4, -0.2) is 25.1 Å². The molecule has 0 aliphatic carbocycles. The molecule has 0 radical (unpaired) electrons. The molecule has 0 fully saturated rings. The first kappa shape index (κ1) is 14.9. The van der Waals surface area contributed by atoms with Gasteiger partial charge in [0.05, 0.1) is 0 Å². The smallest absolute Gasteiger partial charge is 0.0441 e. The van der Waals surface area contributed by atoms with Gasteiger partial charge < -0.3 is 5.32 Å². The lowest BCUT2D eigenvalue weighted by atomic mass is 9.96. The highest BCUT2D eigenvalue weighted by Crippen LogP contribution is 2.27. The Morgan fingerprint density at radius 3 is 2.76 bits per heavy atom. The molecule has 0 heterocycles. The molecule has 0 aliphatic rings. The van der Waals surface area contributed by atoms with Gasteiger partial charge in [0.25, 0.3) is 0 Å². The van der Waals surface area contributed by atoms with E-state index in [0.29, 0.717) is 5.92 Å². The van der Waals surface area contributed by atoms with E-state index < -0.39 is 0 Å². The monoisotopic (exact) mass is 271 g/mol. The zero-order valence-corrected chi connectivity index (χ0v) is 12.3. The minimum absolute atomic E-state index is 0.530. The minimum Gasteiger partial charge on any atom is -0.316 e. The highest BCUT2D eigenvalue weighted by atomic mass is 35.5. The van der Waals surface area contributed by atoms with Crippen molar-refractivity contribution in [2.45, 2.75) is 25.7 Å². The third kappa shape index (κ3) is 5.33. The normalized spacial score (nSPS) is 12.6. The maximum absolute atomic E-state index is 6.28. The van der Waals surface area contributed by atoms with Gasteiger partial charge in [-0.15, -0.1) is 0 Å². The van der Waals surface area contributed by atoms with Gasteiger partial charge in [-0.3, -0.25) is 0 Å². The van der Waals surface area contributed by atoms with Crippen molar-refractivity contribution in [3.05, 3.63) is 34.9 Å². The van der Waals surface area contributed by atoms with Crippen molar-refractivity contribution < 1.29 is 0 Å². The zero-order chi connectivity index (χ0) is 12.5. The zero-order valence-electron chi connectivity index (χ0n) is 10.7. The summed E-state index contributed by atoms with van der Waals surface area (Å²) in [7, 11) is 0. The largest absolute Gasteiger partial charge is 0.316 e. The van der Waals surface area contributed by atoms with Crippen LogP contribution in [0.2, 0.25) is 5.02 Å². The summed E-state index contributed by atoms with van der Waals surface area (Å²) in [5.74, 6) is 1.71. The van der Waals surface area contributed by atoms with Gasteiger partial charge in [-0.25, -0.2) is 0 Å². The van der Waals surface area contributed by atoms with Crippen molar-refractivity contribution in [1.82, 2.24) is 5.32 Å². The Morgan fingerprint density at radius 2 is 2.12 bits per heavy atom. The van der Waals surface area contributed by atoms with E-state index in [2.05, 4.69) is 30.6 Å². The molecule has 17 heavy (non-hydrogen) atoms. The summed E-state index contributed by atoms with van der Waals surface area (Å²) in [5, 5.41) is 4.40. The summed E-state index contributed by atoms with van der Waals surface area (Å²) in [4.78, 5) is 0. The molecule has 0 aromatic heterocycles. The highest BCUT2D eigenvalue weighted by Gasteiger charge is 2.13. The van der Waals surface area contributed by atoms with Crippen LogP contribution in [0.1, 0.15) is 31.2 Å². The Morgan fingerprint density at radius 1 is 1.35 bits per heavy atom. The molecule has 0 amide bonds. The molecular formula is C14H22ClNS. The summed E-state index contributed by atoms with van der Waals surface area (Å²) in [5.41, 5.74) is 1.28. The summed E-state index contributed by atoms with van der Waals surface area (Å²) in [6.45, 7) is 4.30. The van der Waals surface area contributed by atoms with Crippen LogP contribution in [-0.2, 0) is 0 Å². The van der Waals surface area contributed by atoms with Crippen LogP contribution in [0.25, 0.3) is 0 Å². The third-order valence-electron chi connectivity index (χ3n) is 2.83. The van der Waals surface area contributed by atoms with Crippen molar-refractivity contribution in [1.29, 1.82) is 0 Å². The van der Waals surface area contributed by atoms with Gasteiger partial charge in [-0.05, 0) is 48.9 Å². The Kier molecular flexibility index (Phi) is 7.74. The van der Waals surface area contributed by atoms with Gasteiger partial charge in [0.15, 0.2) is 0 Å². The number of hydrogen-bond donors (Lipinski definition) is 1. The maximum atomic E-state index is 6.28. The Hall–Kier alpha value is -0.180. The Labute approximate surface area is 114 Å². The number of halogens is 1. The fraction of sp³-hybridized carbons (Fsp3) is 0.571. The predicted molar refractivity (Wildman–Crippen MR) is 80.4 cm³/mol. The van der Waals surface area contributed by atoms with Gasteiger partial charge in [0, 0.05) is 11.6 Å². The molecule has 0 bridgehead atoms. The van der Waals surface area contributed by atoms with Crippen LogP contribution in [0.15, 0.2) is 24.3 Å². The lowest BCUT2D eigenvalue weighted by molar-refractivity contribution is 0.570. The summed E-state index contributed by atoms with van der Waals surface area (Å²) >= 11 is 8.17. The molecule has 3 heteroatoms. The molecule has 1 aromatic carbocycles. The molecular weight excluding hydrogens is 250 g/mol. The first-order chi connectivity index (χ1) is 8.29. The van der Waals surface area contributed by atoms with E-state index >= 15 is 0 Å². The highest BCUT2D eigenvalue weighted by molar-refractivity contribution is 7.98. The van der Waals surface area contributed by atoms with Gasteiger partial charge in [0.2, 0.25) is 0 Å². The summed E-state index contributed by atoms with van der Waals surface area (Å²) in [6, 6.07) is 8.22. The summed E-state index contributed by atoms with van der Waals surface area (Å²) in [6.07, 6.45) is 4.52. The van der Waals surface area contributed by atoms with E-state index in [1.54, 1.807) is 0 Å². The minimum atomic E-state index is 0.530. The van der Waals surface area contributed by atoms with Gasteiger partial charge in [-0.2, -0.15) is 11.8 Å². The van der Waals surface area contributed by atoms with Gasteiger partial charge >= 0.3 is 0 Å². The SMILES string of the molecule is CCCNCC(CCSC)c1ccccc1Cl. The molecule has 96 valence electrons. The van der Waals surface area contributed by atoms with E-state index in [1.165, 1.54) is 24.2 Å². The lowest BCUT2D eigenvalue weighted by Gasteiger charge is -2.18. The quantitative estimate of drug-likeness (QED) is 0.712. The fourth-order valence-electron chi connectivity index (χ4n) is 1.89. The number of hydrogen-bond acceptors (Lipinski definition) is 2. The maximum Gasteiger partial charge on any atom is 0.0441 e. The number of benzene rings is 1. The molecule has 0 saturated carbocycles. The van der Waals surface area contributed by atoms with Crippen molar-refractivity contribution in [2.75, 3.05) is 25.1 Å². The van der Waals surface area contributed by atoms with Crippen LogP contribution >= 0.6 is 23.4 Å². The second-order valence-electron chi connectivity index (χ2n) is 4.20. The second kappa shape index (κ2) is 8.84. The molecule has 0 spiro atoms. The van der Waals surface area contributed by atoms with E-state index in [0.717, 1.165) is 18.1 Å². The fourth-order valence-corrected chi connectivity index (χ4v) is 2.70. The molecule has 1 N–H and O–H groups in total.